The van der Waals surface area contributed by atoms with Crippen molar-refractivity contribution in [3.63, 3.8) is 0 Å². The van der Waals surface area contributed by atoms with Crippen LogP contribution in [0.25, 0.3) is 0 Å². The SMILES string of the molecule is COC(C)CS(=O)(=O)NC(CCC(=O)O)Cc1ccccc1. The quantitative estimate of drug-likeness (QED) is 0.677. The summed E-state index contributed by atoms with van der Waals surface area (Å²) in [5.41, 5.74) is 0.959. The average molecular weight is 329 g/mol. The molecule has 0 aromatic heterocycles. The number of aliphatic carboxylic acids is 1. The van der Waals surface area contributed by atoms with Crippen LogP contribution < -0.4 is 4.72 Å². The lowest BCUT2D eigenvalue weighted by molar-refractivity contribution is -0.137. The van der Waals surface area contributed by atoms with Crippen molar-refractivity contribution in [3.8, 4) is 0 Å². The van der Waals surface area contributed by atoms with Crippen molar-refractivity contribution in [2.75, 3.05) is 12.9 Å². The highest BCUT2D eigenvalue weighted by atomic mass is 32.2. The van der Waals surface area contributed by atoms with Crippen LogP contribution >= 0.6 is 0 Å². The lowest BCUT2D eigenvalue weighted by Gasteiger charge is -2.19. The van der Waals surface area contributed by atoms with Gasteiger partial charge in [0.25, 0.3) is 0 Å². The molecule has 1 aromatic carbocycles. The van der Waals surface area contributed by atoms with Gasteiger partial charge < -0.3 is 9.84 Å². The summed E-state index contributed by atoms with van der Waals surface area (Å²) in [6.45, 7) is 1.67. The summed E-state index contributed by atoms with van der Waals surface area (Å²) in [5.74, 6) is -1.09. The number of carbonyl (C=O) groups is 1. The Labute approximate surface area is 131 Å². The molecule has 2 unspecified atom stereocenters. The number of rotatable bonds is 10. The second kappa shape index (κ2) is 8.87. The summed E-state index contributed by atoms with van der Waals surface area (Å²) >= 11 is 0. The zero-order valence-electron chi connectivity index (χ0n) is 12.9. The number of carboxylic acids is 1. The fourth-order valence-electron chi connectivity index (χ4n) is 2.08. The summed E-state index contributed by atoms with van der Waals surface area (Å²) in [6.07, 6.45) is 0.189. The fraction of sp³-hybridized carbons (Fsp3) is 0.533. The summed E-state index contributed by atoms with van der Waals surface area (Å²) in [4.78, 5) is 10.7. The van der Waals surface area contributed by atoms with Crippen LogP contribution in [0.4, 0.5) is 0 Å². The number of ether oxygens (including phenoxy) is 1. The van der Waals surface area contributed by atoms with Crippen LogP contribution in [-0.2, 0) is 26.0 Å². The van der Waals surface area contributed by atoms with E-state index in [1.54, 1.807) is 6.92 Å². The first-order valence-electron chi connectivity index (χ1n) is 7.11. The van der Waals surface area contributed by atoms with Gasteiger partial charge in [0, 0.05) is 19.6 Å². The van der Waals surface area contributed by atoms with E-state index in [0.717, 1.165) is 5.56 Å². The normalized spacial score (nSPS) is 14.5. The van der Waals surface area contributed by atoms with E-state index in [4.69, 9.17) is 9.84 Å². The molecule has 1 rings (SSSR count). The van der Waals surface area contributed by atoms with Gasteiger partial charge in [-0.2, -0.15) is 0 Å². The van der Waals surface area contributed by atoms with Crippen LogP contribution in [-0.4, -0.2) is 44.5 Å². The molecule has 2 N–H and O–H groups in total. The highest BCUT2D eigenvalue weighted by Crippen LogP contribution is 2.10. The molecule has 0 bridgehead atoms. The Balaban J connectivity index is 2.74. The molecule has 0 aliphatic rings. The van der Waals surface area contributed by atoms with Crippen molar-refractivity contribution in [2.45, 2.75) is 38.3 Å². The van der Waals surface area contributed by atoms with Gasteiger partial charge in [0.05, 0.1) is 11.9 Å². The van der Waals surface area contributed by atoms with Crippen LogP contribution in [0, 0.1) is 0 Å². The van der Waals surface area contributed by atoms with E-state index in [1.807, 2.05) is 30.3 Å². The number of benzene rings is 1. The van der Waals surface area contributed by atoms with E-state index in [9.17, 15) is 13.2 Å². The van der Waals surface area contributed by atoms with Crippen molar-refractivity contribution in [1.29, 1.82) is 0 Å². The molecule has 2 atom stereocenters. The Morgan fingerprint density at radius 3 is 2.50 bits per heavy atom. The molecule has 1 aromatic rings. The van der Waals surface area contributed by atoms with Gasteiger partial charge in [0.1, 0.15) is 0 Å². The first kappa shape index (κ1) is 18.6. The van der Waals surface area contributed by atoms with Crippen LogP contribution in [0.3, 0.4) is 0 Å². The zero-order chi connectivity index (χ0) is 16.6. The summed E-state index contributed by atoms with van der Waals surface area (Å²) in [7, 11) is -2.08. The molecule has 7 heteroatoms. The molecule has 0 aliphatic heterocycles. The fourth-order valence-corrected chi connectivity index (χ4v) is 3.64. The second-order valence-electron chi connectivity index (χ2n) is 5.26. The summed E-state index contributed by atoms with van der Waals surface area (Å²) in [5, 5.41) is 8.81. The lowest BCUT2D eigenvalue weighted by atomic mass is 10.0. The molecule has 6 nitrogen and oxygen atoms in total. The maximum Gasteiger partial charge on any atom is 0.303 e. The van der Waals surface area contributed by atoms with E-state index in [0.29, 0.717) is 6.42 Å². The van der Waals surface area contributed by atoms with Gasteiger partial charge in [-0.25, -0.2) is 13.1 Å². The minimum atomic E-state index is -3.53. The number of sulfonamides is 1. The summed E-state index contributed by atoms with van der Waals surface area (Å²) in [6, 6.07) is 8.93. The first-order chi connectivity index (χ1) is 10.3. The van der Waals surface area contributed by atoms with Crippen LogP contribution in [0.15, 0.2) is 30.3 Å². The molecule has 0 radical (unpaired) electrons. The Morgan fingerprint density at radius 2 is 1.95 bits per heavy atom. The van der Waals surface area contributed by atoms with Crippen LogP contribution in [0.1, 0.15) is 25.3 Å². The van der Waals surface area contributed by atoms with Crippen molar-refractivity contribution in [1.82, 2.24) is 4.72 Å². The molecule has 0 saturated carbocycles. The smallest absolute Gasteiger partial charge is 0.303 e. The third-order valence-corrected chi connectivity index (χ3v) is 4.84. The Kier molecular flexibility index (Phi) is 7.50. The van der Waals surface area contributed by atoms with Gasteiger partial charge in [-0.15, -0.1) is 0 Å². The second-order valence-corrected chi connectivity index (χ2v) is 7.06. The predicted molar refractivity (Wildman–Crippen MR) is 84.2 cm³/mol. The molecule has 0 aliphatic carbocycles. The van der Waals surface area contributed by atoms with Crippen molar-refractivity contribution < 1.29 is 23.1 Å². The van der Waals surface area contributed by atoms with E-state index < -0.39 is 28.1 Å². The number of carboxylic acid groups (broad SMARTS) is 1. The van der Waals surface area contributed by atoms with Crippen LogP contribution in [0.5, 0.6) is 0 Å². The average Bonchev–Trinajstić information content (AvgIpc) is 2.44. The molecule has 124 valence electrons. The third kappa shape index (κ3) is 7.53. The van der Waals surface area contributed by atoms with Crippen molar-refractivity contribution >= 4 is 16.0 Å². The Hall–Kier alpha value is -1.44. The van der Waals surface area contributed by atoms with Gasteiger partial charge in [-0.1, -0.05) is 30.3 Å². The standard InChI is InChI=1S/C15H23NO5S/c1-12(21-2)11-22(19,20)16-14(8-9-15(17)18)10-13-6-4-3-5-7-13/h3-7,12,14,16H,8-11H2,1-2H3,(H,17,18). The highest BCUT2D eigenvalue weighted by molar-refractivity contribution is 7.89. The minimum Gasteiger partial charge on any atom is -0.481 e. The zero-order valence-corrected chi connectivity index (χ0v) is 13.7. The number of methoxy groups -OCH3 is 1. The maximum absolute atomic E-state index is 12.1. The molecule has 0 heterocycles. The van der Waals surface area contributed by atoms with E-state index in [-0.39, 0.29) is 18.6 Å². The summed E-state index contributed by atoms with van der Waals surface area (Å²) < 4.78 is 31.8. The molecular formula is C15H23NO5S. The molecule has 22 heavy (non-hydrogen) atoms. The molecular weight excluding hydrogens is 306 g/mol. The van der Waals surface area contributed by atoms with Gasteiger partial charge in [0.15, 0.2) is 0 Å². The van der Waals surface area contributed by atoms with Crippen molar-refractivity contribution in [2.24, 2.45) is 0 Å². The monoisotopic (exact) mass is 329 g/mol. The van der Waals surface area contributed by atoms with Crippen molar-refractivity contribution in [3.05, 3.63) is 35.9 Å². The number of hydrogen-bond acceptors (Lipinski definition) is 4. The molecule has 0 amide bonds. The third-order valence-electron chi connectivity index (χ3n) is 3.23. The molecule has 0 spiro atoms. The maximum atomic E-state index is 12.1. The highest BCUT2D eigenvalue weighted by Gasteiger charge is 2.21. The van der Waals surface area contributed by atoms with Gasteiger partial charge in [-0.3, -0.25) is 4.79 Å². The molecule has 0 saturated heterocycles. The lowest BCUT2D eigenvalue weighted by Crippen LogP contribution is -2.40. The first-order valence-corrected chi connectivity index (χ1v) is 8.76. The Bertz CT molecular complexity index is 559. The molecule has 0 fully saturated rings. The predicted octanol–water partition coefficient (Wildman–Crippen LogP) is 1.42. The van der Waals surface area contributed by atoms with E-state index in [2.05, 4.69) is 4.72 Å². The van der Waals surface area contributed by atoms with E-state index in [1.165, 1.54) is 7.11 Å². The Morgan fingerprint density at radius 1 is 1.32 bits per heavy atom. The number of nitrogens with one attached hydrogen (secondary N) is 1. The number of hydrogen-bond donors (Lipinski definition) is 2. The van der Waals surface area contributed by atoms with Gasteiger partial charge >= 0.3 is 5.97 Å². The van der Waals surface area contributed by atoms with Crippen LogP contribution in [0.2, 0.25) is 0 Å². The largest absolute Gasteiger partial charge is 0.481 e. The van der Waals surface area contributed by atoms with E-state index >= 15 is 0 Å². The minimum absolute atomic E-state index is 0.0835. The van der Waals surface area contributed by atoms with Gasteiger partial charge in [-0.05, 0) is 25.3 Å². The topological polar surface area (TPSA) is 92.7 Å². The van der Waals surface area contributed by atoms with Gasteiger partial charge in [0.2, 0.25) is 10.0 Å².